The molecule has 0 saturated heterocycles. The van der Waals surface area contributed by atoms with Gasteiger partial charge in [-0.25, -0.2) is 9.48 Å². The Morgan fingerprint density at radius 1 is 1.71 bits per heavy atom. The third kappa shape index (κ3) is 2.00. The van der Waals surface area contributed by atoms with Crippen LogP contribution >= 0.6 is 0 Å². The van der Waals surface area contributed by atoms with Gasteiger partial charge in [0.1, 0.15) is 6.54 Å². The smallest absolute Gasteiger partial charge is 0.356 e. The fourth-order valence-corrected chi connectivity index (χ4v) is 0.929. The number of aromatic carboxylic acids is 1. The molecule has 0 spiro atoms. The fraction of sp³-hybridized carbons (Fsp3) is 0.286. The Morgan fingerprint density at radius 2 is 2.36 bits per heavy atom. The minimum atomic E-state index is -1.19. The number of ether oxygens (including phenoxy) is 1. The minimum Gasteiger partial charge on any atom is -0.481 e. The van der Waals surface area contributed by atoms with E-state index in [1.54, 1.807) is 0 Å². The average Bonchev–Trinajstić information content (AvgIpc) is 2.46. The Kier molecular flexibility index (Phi) is 2.70. The molecule has 3 N–H and O–H groups in total. The Hall–Kier alpha value is -2.05. The molecular weight excluding hydrogens is 190 g/mol. The van der Waals surface area contributed by atoms with Crippen LogP contribution in [0.3, 0.4) is 0 Å². The van der Waals surface area contributed by atoms with E-state index in [0.717, 1.165) is 4.68 Å². The van der Waals surface area contributed by atoms with Crippen molar-refractivity contribution >= 4 is 11.9 Å². The number of carboxylic acids is 1. The largest absolute Gasteiger partial charge is 0.481 e. The average molecular weight is 199 g/mol. The zero-order valence-corrected chi connectivity index (χ0v) is 7.43. The lowest BCUT2D eigenvalue weighted by Gasteiger charge is -2.01. The summed E-state index contributed by atoms with van der Waals surface area (Å²) >= 11 is 0. The van der Waals surface area contributed by atoms with Crippen LogP contribution in [0.15, 0.2) is 6.07 Å². The van der Waals surface area contributed by atoms with Crippen LogP contribution in [0.25, 0.3) is 0 Å². The molecule has 0 aliphatic carbocycles. The van der Waals surface area contributed by atoms with Gasteiger partial charge in [-0.15, -0.1) is 0 Å². The molecule has 1 aromatic rings. The highest BCUT2D eigenvalue weighted by atomic mass is 16.5. The third-order valence-electron chi connectivity index (χ3n) is 1.48. The summed E-state index contributed by atoms with van der Waals surface area (Å²) in [5, 5.41) is 12.2. The summed E-state index contributed by atoms with van der Waals surface area (Å²) in [5.41, 5.74) is 4.74. The van der Waals surface area contributed by atoms with Crippen molar-refractivity contribution in [3.63, 3.8) is 0 Å². The predicted octanol–water partition coefficient (Wildman–Crippen LogP) is -0.925. The normalized spacial score (nSPS) is 9.79. The van der Waals surface area contributed by atoms with Gasteiger partial charge in [-0.05, 0) is 0 Å². The maximum Gasteiger partial charge on any atom is 0.356 e. The van der Waals surface area contributed by atoms with Crippen LogP contribution < -0.4 is 10.5 Å². The first-order valence-corrected chi connectivity index (χ1v) is 3.68. The molecule has 7 nitrogen and oxygen atoms in total. The van der Waals surface area contributed by atoms with Gasteiger partial charge >= 0.3 is 5.97 Å². The first-order valence-electron chi connectivity index (χ1n) is 3.68. The summed E-state index contributed by atoms with van der Waals surface area (Å²) in [4.78, 5) is 21.1. The van der Waals surface area contributed by atoms with Gasteiger partial charge in [0.25, 0.3) is 0 Å². The number of nitrogens with zero attached hydrogens (tertiary/aromatic N) is 2. The van der Waals surface area contributed by atoms with E-state index in [2.05, 4.69) is 5.10 Å². The molecule has 0 bridgehead atoms. The van der Waals surface area contributed by atoms with Gasteiger partial charge in [0.05, 0.1) is 7.11 Å². The van der Waals surface area contributed by atoms with E-state index in [-0.39, 0.29) is 18.1 Å². The van der Waals surface area contributed by atoms with Crippen molar-refractivity contribution < 1.29 is 19.4 Å². The molecule has 14 heavy (non-hydrogen) atoms. The molecule has 0 saturated carbocycles. The number of carbonyl (C=O) groups excluding carboxylic acids is 1. The summed E-state index contributed by atoms with van der Waals surface area (Å²) in [7, 11) is 1.35. The van der Waals surface area contributed by atoms with E-state index in [1.165, 1.54) is 13.2 Å². The lowest BCUT2D eigenvalue weighted by atomic mass is 10.4. The summed E-state index contributed by atoms with van der Waals surface area (Å²) in [5.74, 6) is -1.63. The van der Waals surface area contributed by atoms with Crippen LogP contribution in [-0.4, -0.2) is 33.9 Å². The zero-order valence-electron chi connectivity index (χ0n) is 7.43. The Bertz CT molecular complexity index is 371. The lowest BCUT2D eigenvalue weighted by molar-refractivity contribution is -0.118. The molecule has 0 aliphatic heterocycles. The Labute approximate surface area is 79.1 Å². The molecule has 0 aliphatic rings. The maximum absolute atomic E-state index is 10.6. The number of primary amides is 1. The van der Waals surface area contributed by atoms with Gasteiger partial charge in [0.2, 0.25) is 11.8 Å². The van der Waals surface area contributed by atoms with Gasteiger partial charge < -0.3 is 15.6 Å². The minimum absolute atomic E-state index is 0.182. The van der Waals surface area contributed by atoms with Crippen molar-refractivity contribution in [1.82, 2.24) is 9.78 Å². The molecule has 0 aromatic carbocycles. The van der Waals surface area contributed by atoms with Crippen molar-refractivity contribution in [3.05, 3.63) is 11.8 Å². The second-order valence-corrected chi connectivity index (χ2v) is 2.50. The standard InChI is InChI=1S/C7H9N3O4/c1-14-6-2-4(7(12)13)9-10(6)3-5(8)11/h2H,3H2,1H3,(H2,8,11)(H,12,13). The van der Waals surface area contributed by atoms with E-state index in [0.29, 0.717) is 0 Å². The van der Waals surface area contributed by atoms with E-state index < -0.39 is 11.9 Å². The molecule has 1 amide bonds. The molecule has 0 atom stereocenters. The molecule has 76 valence electrons. The zero-order chi connectivity index (χ0) is 10.7. The first-order chi connectivity index (χ1) is 6.54. The van der Waals surface area contributed by atoms with Crippen molar-refractivity contribution in [1.29, 1.82) is 0 Å². The molecule has 1 rings (SSSR count). The fourth-order valence-electron chi connectivity index (χ4n) is 0.929. The highest BCUT2D eigenvalue weighted by Crippen LogP contribution is 2.12. The van der Waals surface area contributed by atoms with Gasteiger partial charge in [-0.2, -0.15) is 5.10 Å². The Balaban J connectivity index is 3.02. The van der Waals surface area contributed by atoms with Gasteiger partial charge in [0, 0.05) is 6.07 Å². The van der Waals surface area contributed by atoms with Crippen LogP contribution in [0.5, 0.6) is 5.88 Å². The number of amides is 1. The number of methoxy groups -OCH3 is 1. The molecule has 0 fully saturated rings. The van der Waals surface area contributed by atoms with E-state index in [4.69, 9.17) is 15.6 Å². The highest BCUT2D eigenvalue weighted by molar-refractivity contribution is 5.85. The second kappa shape index (κ2) is 3.77. The maximum atomic E-state index is 10.6. The van der Waals surface area contributed by atoms with Crippen LogP contribution in [0, 0.1) is 0 Å². The molecule has 0 unspecified atom stereocenters. The van der Waals surface area contributed by atoms with Crippen molar-refractivity contribution in [2.75, 3.05) is 7.11 Å². The van der Waals surface area contributed by atoms with Crippen LogP contribution in [-0.2, 0) is 11.3 Å². The topological polar surface area (TPSA) is 107 Å². The Morgan fingerprint density at radius 3 is 2.79 bits per heavy atom. The summed E-state index contributed by atoms with van der Waals surface area (Å²) in [6, 6.07) is 1.21. The number of aromatic nitrogens is 2. The van der Waals surface area contributed by atoms with Crippen LogP contribution in [0.1, 0.15) is 10.5 Å². The monoisotopic (exact) mass is 199 g/mol. The van der Waals surface area contributed by atoms with E-state index in [9.17, 15) is 9.59 Å². The molecular formula is C7H9N3O4. The van der Waals surface area contributed by atoms with Crippen molar-refractivity contribution in [2.45, 2.75) is 6.54 Å². The number of rotatable bonds is 4. The molecule has 1 heterocycles. The van der Waals surface area contributed by atoms with Gasteiger partial charge in [-0.1, -0.05) is 0 Å². The lowest BCUT2D eigenvalue weighted by Crippen LogP contribution is -2.20. The SMILES string of the molecule is COc1cc(C(=O)O)nn1CC(N)=O. The van der Waals surface area contributed by atoms with Crippen molar-refractivity contribution in [3.8, 4) is 5.88 Å². The number of nitrogens with two attached hydrogens (primary N) is 1. The summed E-state index contributed by atoms with van der Waals surface area (Å²) in [6.07, 6.45) is 0. The second-order valence-electron chi connectivity index (χ2n) is 2.50. The highest BCUT2D eigenvalue weighted by Gasteiger charge is 2.14. The van der Waals surface area contributed by atoms with Gasteiger partial charge in [-0.3, -0.25) is 4.79 Å². The number of hydrogen-bond donors (Lipinski definition) is 2. The predicted molar refractivity (Wildman–Crippen MR) is 44.9 cm³/mol. The van der Waals surface area contributed by atoms with E-state index >= 15 is 0 Å². The van der Waals surface area contributed by atoms with Crippen LogP contribution in [0.4, 0.5) is 0 Å². The quantitative estimate of drug-likeness (QED) is 0.651. The summed E-state index contributed by atoms with van der Waals surface area (Å²) < 4.78 is 5.90. The third-order valence-corrected chi connectivity index (χ3v) is 1.48. The number of carbonyl (C=O) groups is 2. The van der Waals surface area contributed by atoms with Crippen molar-refractivity contribution in [2.24, 2.45) is 5.73 Å². The van der Waals surface area contributed by atoms with Crippen LogP contribution in [0.2, 0.25) is 0 Å². The molecule has 0 radical (unpaired) electrons. The molecule has 7 heteroatoms. The first kappa shape index (κ1) is 10.0. The van der Waals surface area contributed by atoms with Gasteiger partial charge in [0.15, 0.2) is 5.69 Å². The van der Waals surface area contributed by atoms with E-state index in [1.807, 2.05) is 0 Å². The number of hydrogen-bond acceptors (Lipinski definition) is 4. The number of carboxylic acid groups (broad SMARTS) is 1. The molecule has 1 aromatic heterocycles. The summed E-state index contributed by atoms with van der Waals surface area (Å²) in [6.45, 7) is -0.212.